The largest absolute Gasteiger partial charge is 0.357 e. The van der Waals surface area contributed by atoms with E-state index in [1.807, 2.05) is 0 Å². The van der Waals surface area contributed by atoms with Gasteiger partial charge in [0.25, 0.3) is 11.8 Å². The lowest BCUT2D eigenvalue weighted by atomic mass is 10.2. The van der Waals surface area contributed by atoms with Crippen molar-refractivity contribution in [1.82, 2.24) is 15.8 Å². The van der Waals surface area contributed by atoms with Crippen LogP contribution in [0.3, 0.4) is 0 Å². The van der Waals surface area contributed by atoms with E-state index in [2.05, 4.69) is 21.2 Å². The van der Waals surface area contributed by atoms with Crippen molar-refractivity contribution in [3.63, 3.8) is 0 Å². The van der Waals surface area contributed by atoms with E-state index < -0.39 is 11.8 Å². The number of nitrogens with one attached hydrogen (secondary N) is 4. The Morgan fingerprint density at radius 1 is 0.957 bits per heavy atom. The van der Waals surface area contributed by atoms with Crippen LogP contribution in [0.5, 0.6) is 0 Å². The first kappa shape index (κ1) is 14.8. The third-order valence-electron chi connectivity index (χ3n) is 3.49. The Morgan fingerprint density at radius 2 is 1.65 bits per heavy atom. The minimum Gasteiger partial charge on any atom is -0.357 e. The molecule has 1 aromatic carbocycles. The van der Waals surface area contributed by atoms with Crippen LogP contribution in [0, 0.1) is 5.92 Å². The Hall–Kier alpha value is -3.09. The number of hydrogen-bond acceptors (Lipinski definition) is 3. The molecule has 0 unspecified atom stereocenters. The monoisotopic (exact) mass is 312 g/mol. The molecule has 0 radical (unpaired) electrons. The number of rotatable bonds is 4. The quantitative estimate of drug-likeness (QED) is 0.642. The van der Waals surface area contributed by atoms with Crippen LogP contribution in [0.2, 0.25) is 0 Å². The number of aromatic amines is 1. The second-order valence-corrected chi connectivity index (χ2v) is 5.33. The van der Waals surface area contributed by atoms with Crippen LogP contribution in [0.15, 0.2) is 42.6 Å². The number of hydrogen-bond donors (Lipinski definition) is 4. The van der Waals surface area contributed by atoms with Crippen LogP contribution in [-0.2, 0) is 4.79 Å². The Labute approximate surface area is 132 Å². The average molecular weight is 312 g/mol. The Balaban J connectivity index is 1.52. The molecule has 2 aromatic rings. The fourth-order valence-electron chi connectivity index (χ4n) is 2.02. The molecule has 1 heterocycles. The topological polar surface area (TPSA) is 103 Å². The predicted octanol–water partition coefficient (Wildman–Crippen LogP) is 1.44. The lowest BCUT2D eigenvalue weighted by Crippen LogP contribution is -2.41. The Morgan fingerprint density at radius 3 is 2.26 bits per heavy atom. The molecule has 1 aliphatic carbocycles. The maximum Gasteiger partial charge on any atom is 0.286 e. The molecule has 0 saturated heterocycles. The number of benzene rings is 1. The van der Waals surface area contributed by atoms with Gasteiger partial charge in [-0.15, -0.1) is 0 Å². The van der Waals surface area contributed by atoms with Crippen molar-refractivity contribution in [3.8, 4) is 0 Å². The number of hydrazine groups is 1. The van der Waals surface area contributed by atoms with Gasteiger partial charge in [-0.25, -0.2) is 0 Å². The molecular formula is C16H16N4O3. The molecule has 3 rings (SSSR count). The molecule has 1 aromatic heterocycles. The van der Waals surface area contributed by atoms with Crippen molar-refractivity contribution in [2.24, 2.45) is 5.92 Å². The van der Waals surface area contributed by atoms with E-state index in [0.29, 0.717) is 16.9 Å². The average Bonchev–Trinajstić information content (AvgIpc) is 3.28. The zero-order valence-electron chi connectivity index (χ0n) is 12.3. The van der Waals surface area contributed by atoms with Gasteiger partial charge in [-0.1, -0.05) is 0 Å². The van der Waals surface area contributed by atoms with Crippen molar-refractivity contribution in [1.29, 1.82) is 0 Å². The lowest BCUT2D eigenvalue weighted by molar-refractivity contribution is -0.117. The van der Waals surface area contributed by atoms with Gasteiger partial charge in [-0.3, -0.25) is 25.2 Å². The normalized spacial score (nSPS) is 13.2. The first-order valence-corrected chi connectivity index (χ1v) is 7.28. The van der Waals surface area contributed by atoms with Crippen molar-refractivity contribution < 1.29 is 14.4 Å². The third-order valence-corrected chi connectivity index (χ3v) is 3.49. The standard InChI is InChI=1S/C16H16N4O3/c21-14(10-3-4-10)18-12-7-5-11(6-8-12)15(22)19-20-16(23)13-2-1-9-17-13/h1-2,5-10,17H,3-4H2,(H,18,21)(H,19,22)(H,20,23). The summed E-state index contributed by atoms with van der Waals surface area (Å²) >= 11 is 0. The molecule has 0 bridgehead atoms. The van der Waals surface area contributed by atoms with Crippen molar-refractivity contribution in [3.05, 3.63) is 53.9 Å². The molecule has 7 nitrogen and oxygen atoms in total. The summed E-state index contributed by atoms with van der Waals surface area (Å²) in [5.74, 6) is -0.733. The molecule has 1 fully saturated rings. The number of amides is 3. The van der Waals surface area contributed by atoms with Crippen LogP contribution in [0.25, 0.3) is 0 Å². The van der Waals surface area contributed by atoms with E-state index in [9.17, 15) is 14.4 Å². The summed E-state index contributed by atoms with van der Waals surface area (Å²) < 4.78 is 0. The summed E-state index contributed by atoms with van der Waals surface area (Å²) in [7, 11) is 0. The highest BCUT2D eigenvalue weighted by atomic mass is 16.2. The number of carbonyl (C=O) groups is 3. The van der Waals surface area contributed by atoms with Gasteiger partial charge in [-0.2, -0.15) is 0 Å². The minimum absolute atomic E-state index is 0.0143. The second-order valence-electron chi connectivity index (χ2n) is 5.33. The van der Waals surface area contributed by atoms with Crippen molar-refractivity contribution in [2.75, 3.05) is 5.32 Å². The van der Waals surface area contributed by atoms with E-state index in [1.54, 1.807) is 42.6 Å². The maximum absolute atomic E-state index is 11.9. The Bertz CT molecular complexity index is 718. The predicted molar refractivity (Wildman–Crippen MR) is 83.5 cm³/mol. The fourth-order valence-corrected chi connectivity index (χ4v) is 2.02. The van der Waals surface area contributed by atoms with Crippen molar-refractivity contribution in [2.45, 2.75) is 12.8 Å². The van der Waals surface area contributed by atoms with Gasteiger partial charge in [0.15, 0.2) is 0 Å². The SMILES string of the molecule is O=C(NNC(=O)c1ccc[nH]1)c1ccc(NC(=O)C2CC2)cc1. The van der Waals surface area contributed by atoms with Gasteiger partial charge < -0.3 is 10.3 Å². The summed E-state index contributed by atoms with van der Waals surface area (Å²) in [6.07, 6.45) is 3.49. The summed E-state index contributed by atoms with van der Waals surface area (Å²) in [6.45, 7) is 0. The molecule has 0 atom stereocenters. The van der Waals surface area contributed by atoms with Gasteiger partial charge in [-0.05, 0) is 49.2 Å². The van der Waals surface area contributed by atoms with Gasteiger partial charge in [0.05, 0.1) is 0 Å². The van der Waals surface area contributed by atoms with Crippen LogP contribution in [-0.4, -0.2) is 22.7 Å². The third kappa shape index (κ3) is 3.76. The molecule has 1 aliphatic rings. The van der Waals surface area contributed by atoms with Crippen LogP contribution >= 0.6 is 0 Å². The number of H-pyrrole nitrogens is 1. The number of aromatic nitrogens is 1. The maximum atomic E-state index is 11.9. The summed E-state index contributed by atoms with van der Waals surface area (Å²) in [5.41, 5.74) is 6.02. The van der Waals surface area contributed by atoms with Gasteiger partial charge in [0, 0.05) is 23.4 Å². The molecule has 0 aliphatic heterocycles. The van der Waals surface area contributed by atoms with Crippen molar-refractivity contribution >= 4 is 23.4 Å². The summed E-state index contributed by atoms with van der Waals surface area (Å²) in [5, 5.41) is 2.79. The highest BCUT2D eigenvalue weighted by Gasteiger charge is 2.29. The highest BCUT2D eigenvalue weighted by Crippen LogP contribution is 2.30. The summed E-state index contributed by atoms with van der Waals surface area (Å²) in [4.78, 5) is 38.0. The van der Waals surface area contributed by atoms with E-state index in [1.165, 1.54) is 0 Å². The molecule has 7 heteroatoms. The molecule has 1 saturated carbocycles. The zero-order chi connectivity index (χ0) is 16.2. The van der Waals surface area contributed by atoms with E-state index in [0.717, 1.165) is 12.8 Å². The molecular weight excluding hydrogens is 296 g/mol. The van der Waals surface area contributed by atoms with Gasteiger partial charge >= 0.3 is 0 Å². The Kier molecular flexibility index (Phi) is 4.09. The first-order valence-electron chi connectivity index (χ1n) is 7.28. The van der Waals surface area contributed by atoms with Crippen LogP contribution in [0.1, 0.15) is 33.7 Å². The van der Waals surface area contributed by atoms with E-state index >= 15 is 0 Å². The first-order chi connectivity index (χ1) is 11.1. The summed E-state index contributed by atoms with van der Waals surface area (Å²) in [6, 6.07) is 9.76. The molecule has 0 spiro atoms. The van der Waals surface area contributed by atoms with E-state index in [-0.39, 0.29) is 11.8 Å². The molecule has 118 valence electrons. The smallest absolute Gasteiger partial charge is 0.286 e. The van der Waals surface area contributed by atoms with Gasteiger partial charge in [0.1, 0.15) is 5.69 Å². The zero-order valence-corrected chi connectivity index (χ0v) is 12.3. The molecule has 3 amide bonds. The number of carbonyl (C=O) groups excluding carboxylic acids is 3. The van der Waals surface area contributed by atoms with Crippen LogP contribution < -0.4 is 16.2 Å². The van der Waals surface area contributed by atoms with Gasteiger partial charge in [0.2, 0.25) is 5.91 Å². The highest BCUT2D eigenvalue weighted by molar-refractivity contribution is 5.99. The molecule has 23 heavy (non-hydrogen) atoms. The molecule has 4 N–H and O–H groups in total. The number of anilines is 1. The van der Waals surface area contributed by atoms with Crippen LogP contribution in [0.4, 0.5) is 5.69 Å². The fraction of sp³-hybridized carbons (Fsp3) is 0.188. The lowest BCUT2D eigenvalue weighted by Gasteiger charge is -2.08. The van der Waals surface area contributed by atoms with E-state index in [4.69, 9.17) is 0 Å². The second kappa shape index (κ2) is 6.35. The minimum atomic E-state index is -0.440.